The molecule has 0 bridgehead atoms. The van der Waals surface area contributed by atoms with Crippen molar-refractivity contribution in [1.29, 1.82) is 0 Å². The fourth-order valence-corrected chi connectivity index (χ4v) is 9.92. The van der Waals surface area contributed by atoms with E-state index in [0.29, 0.717) is 11.5 Å². The largest absolute Gasteiger partial charge is 0.465 e. The van der Waals surface area contributed by atoms with Crippen molar-refractivity contribution >= 4 is 21.8 Å². The molecule has 1 aromatic carbocycles. The van der Waals surface area contributed by atoms with E-state index in [2.05, 4.69) is 27.7 Å². The minimum atomic E-state index is -3.72. The number of sulfone groups is 1. The van der Waals surface area contributed by atoms with E-state index < -0.39 is 27.2 Å². The summed E-state index contributed by atoms with van der Waals surface area (Å²) >= 11 is 0. The summed E-state index contributed by atoms with van der Waals surface area (Å²) in [4.78, 5) is 25.2. The first kappa shape index (κ1) is 23.3. The number of ether oxygens (including phenoxy) is 2. The molecule has 0 radical (unpaired) electrons. The standard InChI is InChI=1S/C25H34O6S/c1-23(2)9-7-10-24(3)18(23)8-11-25(4)19(24)14-32(28,29)17-13-15(21(26)30-5)12-16(20(17)25)22(27)31-6/h12-13,18-19H,7-11,14H2,1-6H3/t18-,19+,24-,25+/m0/s1. The van der Waals surface area contributed by atoms with Gasteiger partial charge in [0.15, 0.2) is 9.84 Å². The number of methoxy groups -OCH3 is 2. The number of rotatable bonds is 2. The number of carbonyl (C=O) groups is 2. The Morgan fingerprint density at radius 1 is 0.938 bits per heavy atom. The third-order valence-electron chi connectivity index (χ3n) is 9.01. The summed E-state index contributed by atoms with van der Waals surface area (Å²) in [6.07, 6.45) is 4.99. The van der Waals surface area contributed by atoms with Gasteiger partial charge in [-0.3, -0.25) is 0 Å². The third-order valence-corrected chi connectivity index (χ3v) is 10.8. The SMILES string of the molecule is COC(=O)c1cc(C(=O)OC)c2c(c1)S(=O)(=O)C[C@@H]1[C@@]3(C)CCCC(C)(C)[C@@H]3CC[C@@]21C. The van der Waals surface area contributed by atoms with Crippen LogP contribution in [0.1, 0.15) is 86.1 Å². The number of fused-ring (bicyclic) bond motifs is 5. The molecule has 0 aromatic heterocycles. The van der Waals surface area contributed by atoms with Crippen LogP contribution in [-0.2, 0) is 24.7 Å². The third kappa shape index (κ3) is 3.14. The fourth-order valence-electron chi connectivity index (χ4n) is 7.59. The van der Waals surface area contributed by atoms with Crippen LogP contribution in [0.3, 0.4) is 0 Å². The molecule has 1 heterocycles. The summed E-state index contributed by atoms with van der Waals surface area (Å²) in [6, 6.07) is 2.84. The fraction of sp³-hybridized carbons (Fsp3) is 0.680. The lowest BCUT2D eigenvalue weighted by Crippen LogP contribution is -2.60. The molecule has 2 saturated carbocycles. The molecule has 0 amide bonds. The Morgan fingerprint density at radius 3 is 2.22 bits per heavy atom. The number of benzene rings is 1. The number of esters is 2. The highest BCUT2D eigenvalue weighted by atomic mass is 32.2. The lowest BCUT2D eigenvalue weighted by Gasteiger charge is -2.64. The minimum Gasteiger partial charge on any atom is -0.465 e. The Morgan fingerprint density at radius 2 is 1.59 bits per heavy atom. The summed E-state index contributed by atoms with van der Waals surface area (Å²) in [5.41, 5.74) is 0.245. The summed E-state index contributed by atoms with van der Waals surface area (Å²) in [5.74, 6) is -0.955. The van der Waals surface area contributed by atoms with Crippen LogP contribution >= 0.6 is 0 Å². The molecular weight excluding hydrogens is 428 g/mol. The van der Waals surface area contributed by atoms with Crippen LogP contribution in [0.2, 0.25) is 0 Å². The maximum Gasteiger partial charge on any atom is 0.338 e. The monoisotopic (exact) mass is 462 g/mol. The summed E-state index contributed by atoms with van der Waals surface area (Å²) in [5, 5.41) is 0. The molecule has 1 aromatic rings. The summed E-state index contributed by atoms with van der Waals surface area (Å²) in [7, 11) is -1.21. The predicted molar refractivity (Wildman–Crippen MR) is 120 cm³/mol. The van der Waals surface area contributed by atoms with Crippen LogP contribution in [0.5, 0.6) is 0 Å². The van der Waals surface area contributed by atoms with E-state index in [1.807, 2.05) is 0 Å². The topological polar surface area (TPSA) is 86.7 Å². The zero-order valence-electron chi connectivity index (χ0n) is 19.9. The van der Waals surface area contributed by atoms with Gasteiger partial charge in [0.1, 0.15) is 0 Å². The maximum atomic E-state index is 13.7. The van der Waals surface area contributed by atoms with Gasteiger partial charge in [-0.2, -0.15) is 0 Å². The molecule has 32 heavy (non-hydrogen) atoms. The van der Waals surface area contributed by atoms with E-state index in [1.54, 1.807) is 0 Å². The van der Waals surface area contributed by atoms with Crippen LogP contribution in [0.25, 0.3) is 0 Å². The molecule has 0 spiro atoms. The normalized spacial score (nSPS) is 34.4. The average Bonchev–Trinajstić information content (AvgIpc) is 2.73. The van der Waals surface area contributed by atoms with Gasteiger partial charge in [0.05, 0.1) is 36.0 Å². The lowest BCUT2D eigenvalue weighted by atomic mass is 9.42. The number of carbonyl (C=O) groups excluding carboxylic acids is 2. The zero-order valence-corrected chi connectivity index (χ0v) is 20.7. The van der Waals surface area contributed by atoms with Gasteiger partial charge in [-0.05, 0) is 71.5 Å². The van der Waals surface area contributed by atoms with E-state index in [4.69, 9.17) is 9.47 Å². The van der Waals surface area contributed by atoms with Crippen molar-refractivity contribution in [2.75, 3.05) is 20.0 Å². The molecule has 2 fully saturated rings. The molecule has 0 unspecified atom stereocenters. The van der Waals surface area contributed by atoms with E-state index in [-0.39, 0.29) is 38.5 Å². The van der Waals surface area contributed by atoms with Gasteiger partial charge < -0.3 is 9.47 Å². The van der Waals surface area contributed by atoms with E-state index in [9.17, 15) is 18.0 Å². The van der Waals surface area contributed by atoms with E-state index in [0.717, 1.165) is 32.1 Å². The second kappa shape index (κ2) is 7.31. The van der Waals surface area contributed by atoms with Crippen molar-refractivity contribution in [3.05, 3.63) is 28.8 Å². The first-order chi connectivity index (χ1) is 14.8. The highest BCUT2D eigenvalue weighted by molar-refractivity contribution is 7.91. The second-order valence-electron chi connectivity index (χ2n) is 11.1. The van der Waals surface area contributed by atoms with Crippen molar-refractivity contribution in [2.24, 2.45) is 22.7 Å². The first-order valence-corrected chi connectivity index (χ1v) is 13.0. The molecule has 176 valence electrons. The van der Waals surface area contributed by atoms with Crippen molar-refractivity contribution in [2.45, 2.75) is 70.1 Å². The summed E-state index contributed by atoms with van der Waals surface area (Å²) < 4.78 is 37.2. The van der Waals surface area contributed by atoms with Crippen molar-refractivity contribution < 1.29 is 27.5 Å². The highest BCUT2D eigenvalue weighted by Gasteiger charge is 2.62. The molecule has 6 nitrogen and oxygen atoms in total. The zero-order chi connectivity index (χ0) is 23.7. The Bertz CT molecular complexity index is 1090. The smallest absolute Gasteiger partial charge is 0.338 e. The second-order valence-corrected chi connectivity index (χ2v) is 13.1. The predicted octanol–water partition coefficient (Wildman–Crippen LogP) is 4.55. The quantitative estimate of drug-likeness (QED) is 0.600. The van der Waals surface area contributed by atoms with Crippen molar-refractivity contribution in [3.63, 3.8) is 0 Å². The molecule has 0 N–H and O–H groups in total. The molecule has 2 aliphatic carbocycles. The lowest BCUT2D eigenvalue weighted by molar-refractivity contribution is -0.0983. The number of hydrogen-bond donors (Lipinski definition) is 0. The molecule has 4 atom stereocenters. The Kier molecular flexibility index (Phi) is 5.31. The Hall–Kier alpha value is -1.89. The van der Waals surface area contributed by atoms with Gasteiger partial charge in [0.25, 0.3) is 0 Å². The molecule has 3 aliphatic rings. The Labute approximate surface area is 191 Å². The van der Waals surface area contributed by atoms with Gasteiger partial charge in [-0.15, -0.1) is 0 Å². The van der Waals surface area contributed by atoms with Gasteiger partial charge in [-0.25, -0.2) is 18.0 Å². The molecule has 4 rings (SSSR count). The van der Waals surface area contributed by atoms with Crippen LogP contribution in [0.15, 0.2) is 17.0 Å². The van der Waals surface area contributed by atoms with Gasteiger partial charge >= 0.3 is 11.9 Å². The molecule has 1 aliphatic heterocycles. The maximum absolute atomic E-state index is 13.7. The van der Waals surface area contributed by atoms with Gasteiger partial charge in [0, 0.05) is 0 Å². The molecule has 7 heteroatoms. The average molecular weight is 463 g/mol. The van der Waals surface area contributed by atoms with Crippen molar-refractivity contribution in [3.8, 4) is 0 Å². The van der Waals surface area contributed by atoms with Gasteiger partial charge in [0.2, 0.25) is 0 Å². The van der Waals surface area contributed by atoms with E-state index >= 15 is 0 Å². The summed E-state index contributed by atoms with van der Waals surface area (Å²) in [6.45, 7) is 9.00. The number of hydrogen-bond acceptors (Lipinski definition) is 6. The van der Waals surface area contributed by atoms with Crippen molar-refractivity contribution in [1.82, 2.24) is 0 Å². The van der Waals surface area contributed by atoms with Crippen LogP contribution in [0.4, 0.5) is 0 Å². The van der Waals surface area contributed by atoms with Gasteiger partial charge in [-0.1, -0.05) is 34.1 Å². The Balaban J connectivity index is 2.00. The van der Waals surface area contributed by atoms with Crippen LogP contribution < -0.4 is 0 Å². The van der Waals surface area contributed by atoms with E-state index in [1.165, 1.54) is 26.4 Å². The minimum absolute atomic E-state index is 0.0326. The van der Waals surface area contributed by atoms with Crippen LogP contribution in [-0.4, -0.2) is 40.3 Å². The highest BCUT2D eigenvalue weighted by Crippen LogP contribution is 2.66. The van der Waals surface area contributed by atoms with Crippen LogP contribution in [0, 0.1) is 22.7 Å². The molecule has 0 saturated heterocycles. The molecular formula is C25H34O6S. The first-order valence-electron chi connectivity index (χ1n) is 11.4.